The van der Waals surface area contributed by atoms with Crippen molar-refractivity contribution in [1.29, 1.82) is 10.5 Å². The lowest BCUT2D eigenvalue weighted by Gasteiger charge is -2.45. The van der Waals surface area contributed by atoms with E-state index in [-0.39, 0.29) is 24.0 Å². The van der Waals surface area contributed by atoms with Crippen molar-refractivity contribution in [1.82, 2.24) is 24.5 Å². The standard InChI is InChI=1S/C25H26ClN9O/c26-22-18(15-5-7-34(8-6-15)20-3-4-21(20)36)9-14(11-27)10-19(22)31-25-32-23(30-16-1-2-16)24-29-13-17(12-28)35(24)33-25/h9-10,13,15-16,20-21,36H,1-8H2,(H2,30,31,32,33). The van der Waals surface area contributed by atoms with Crippen molar-refractivity contribution < 1.29 is 5.11 Å². The van der Waals surface area contributed by atoms with Crippen LogP contribution in [0, 0.1) is 22.7 Å². The van der Waals surface area contributed by atoms with Gasteiger partial charge in [0.2, 0.25) is 5.95 Å². The number of likely N-dealkylation sites (tertiary alicyclic amines) is 1. The fourth-order valence-electron chi connectivity index (χ4n) is 5.18. The molecule has 2 aromatic heterocycles. The molecule has 11 heteroatoms. The molecule has 0 radical (unpaired) electrons. The number of halogens is 1. The third-order valence-corrected chi connectivity index (χ3v) is 7.93. The topological polar surface area (TPSA) is 138 Å². The van der Waals surface area contributed by atoms with E-state index >= 15 is 0 Å². The zero-order valence-electron chi connectivity index (χ0n) is 19.7. The monoisotopic (exact) mass is 503 g/mol. The molecule has 3 fully saturated rings. The Morgan fingerprint density at radius 1 is 1.06 bits per heavy atom. The summed E-state index contributed by atoms with van der Waals surface area (Å²) in [5.41, 5.74) is 2.79. The molecule has 1 saturated heterocycles. The van der Waals surface area contributed by atoms with E-state index in [4.69, 9.17) is 11.6 Å². The van der Waals surface area contributed by atoms with Crippen LogP contribution in [0.5, 0.6) is 0 Å². The van der Waals surface area contributed by atoms with Gasteiger partial charge in [0.15, 0.2) is 17.2 Å². The average molecular weight is 504 g/mol. The number of nitrogens with one attached hydrogen (secondary N) is 2. The molecule has 1 aliphatic heterocycles. The number of fused-ring (bicyclic) bond motifs is 1. The predicted molar refractivity (Wildman–Crippen MR) is 134 cm³/mol. The molecule has 36 heavy (non-hydrogen) atoms. The maximum Gasteiger partial charge on any atom is 0.247 e. The van der Waals surface area contributed by atoms with Gasteiger partial charge in [-0.15, -0.1) is 5.10 Å². The molecule has 184 valence electrons. The smallest absolute Gasteiger partial charge is 0.247 e. The molecule has 2 saturated carbocycles. The van der Waals surface area contributed by atoms with Crippen LogP contribution in [-0.4, -0.2) is 60.9 Å². The number of nitriles is 2. The zero-order valence-corrected chi connectivity index (χ0v) is 20.4. The molecule has 0 spiro atoms. The molecule has 0 bridgehead atoms. The third kappa shape index (κ3) is 4.22. The fraction of sp³-hybridized carbons (Fsp3) is 0.480. The molecule has 2 unspecified atom stereocenters. The molecule has 3 aromatic rings. The third-order valence-electron chi connectivity index (χ3n) is 7.51. The minimum atomic E-state index is -0.212. The van der Waals surface area contributed by atoms with Gasteiger partial charge in [-0.2, -0.15) is 20.0 Å². The van der Waals surface area contributed by atoms with E-state index in [0.717, 1.165) is 57.2 Å². The van der Waals surface area contributed by atoms with Gasteiger partial charge in [-0.05, 0) is 75.2 Å². The lowest BCUT2D eigenvalue weighted by molar-refractivity contribution is -0.0301. The Hall–Kier alpha value is -3.44. The molecule has 3 N–H and O–H groups in total. The minimum Gasteiger partial charge on any atom is -0.391 e. The molecule has 3 aliphatic rings. The first-order valence-electron chi connectivity index (χ1n) is 12.4. The van der Waals surface area contributed by atoms with Crippen LogP contribution in [0.1, 0.15) is 61.3 Å². The largest absolute Gasteiger partial charge is 0.391 e. The van der Waals surface area contributed by atoms with E-state index in [0.29, 0.717) is 39.5 Å². The van der Waals surface area contributed by atoms with Crippen LogP contribution in [-0.2, 0) is 0 Å². The zero-order chi connectivity index (χ0) is 24.8. The molecule has 6 rings (SSSR count). The quantitative estimate of drug-likeness (QED) is 0.461. The Morgan fingerprint density at radius 2 is 1.86 bits per heavy atom. The summed E-state index contributed by atoms with van der Waals surface area (Å²) in [5.74, 6) is 1.03. The summed E-state index contributed by atoms with van der Waals surface area (Å²) in [6.07, 6.45) is 7.14. The second kappa shape index (κ2) is 9.21. The number of aliphatic hydroxyl groups is 1. The van der Waals surface area contributed by atoms with Crippen molar-refractivity contribution >= 4 is 34.7 Å². The maximum atomic E-state index is 10.0. The number of aliphatic hydroxyl groups excluding tert-OH is 1. The van der Waals surface area contributed by atoms with Crippen molar-refractivity contribution in [2.75, 3.05) is 23.7 Å². The lowest BCUT2D eigenvalue weighted by atomic mass is 9.83. The minimum absolute atomic E-state index is 0.212. The van der Waals surface area contributed by atoms with E-state index in [1.807, 2.05) is 6.07 Å². The van der Waals surface area contributed by atoms with Gasteiger partial charge in [0.25, 0.3) is 0 Å². The van der Waals surface area contributed by atoms with Crippen LogP contribution in [0.3, 0.4) is 0 Å². The van der Waals surface area contributed by atoms with Crippen LogP contribution in [0.4, 0.5) is 17.5 Å². The number of benzene rings is 1. The number of nitrogens with zero attached hydrogens (tertiary/aromatic N) is 7. The van der Waals surface area contributed by atoms with Crippen molar-refractivity contribution in [3.8, 4) is 12.1 Å². The normalized spacial score (nSPS) is 22.6. The van der Waals surface area contributed by atoms with Crippen LogP contribution >= 0.6 is 11.6 Å². The second-order valence-electron chi connectivity index (χ2n) is 9.88. The van der Waals surface area contributed by atoms with Gasteiger partial charge in [-0.25, -0.2) is 4.98 Å². The summed E-state index contributed by atoms with van der Waals surface area (Å²) in [6.45, 7) is 1.80. The highest BCUT2D eigenvalue weighted by atomic mass is 35.5. The van der Waals surface area contributed by atoms with Gasteiger partial charge >= 0.3 is 0 Å². The number of aromatic nitrogens is 4. The van der Waals surface area contributed by atoms with Crippen molar-refractivity contribution in [3.63, 3.8) is 0 Å². The molecule has 2 aliphatic carbocycles. The summed E-state index contributed by atoms with van der Waals surface area (Å²) in [7, 11) is 0. The maximum absolute atomic E-state index is 10.0. The molecular formula is C25H26ClN9O. The number of hydrogen-bond donors (Lipinski definition) is 3. The summed E-state index contributed by atoms with van der Waals surface area (Å²) >= 11 is 6.90. The molecule has 0 amide bonds. The Bertz CT molecular complexity index is 1400. The van der Waals surface area contributed by atoms with Crippen LogP contribution < -0.4 is 10.6 Å². The van der Waals surface area contributed by atoms with Crippen molar-refractivity contribution in [2.45, 2.75) is 62.6 Å². The first-order chi connectivity index (χ1) is 17.5. The van der Waals surface area contributed by atoms with E-state index < -0.39 is 0 Å². The van der Waals surface area contributed by atoms with Gasteiger partial charge in [-0.1, -0.05) is 11.6 Å². The summed E-state index contributed by atoms with van der Waals surface area (Å²) in [5, 5.41) is 40.8. The number of anilines is 3. The Balaban J connectivity index is 1.29. The summed E-state index contributed by atoms with van der Waals surface area (Å²) in [6, 6.07) is 8.54. The Morgan fingerprint density at radius 3 is 2.50 bits per heavy atom. The van der Waals surface area contributed by atoms with Gasteiger partial charge in [-0.3, -0.25) is 4.90 Å². The number of rotatable bonds is 6. The van der Waals surface area contributed by atoms with Gasteiger partial charge in [0.05, 0.1) is 34.6 Å². The van der Waals surface area contributed by atoms with Crippen molar-refractivity contribution in [2.24, 2.45) is 0 Å². The van der Waals surface area contributed by atoms with Gasteiger partial charge in [0.1, 0.15) is 6.07 Å². The first-order valence-corrected chi connectivity index (χ1v) is 12.8. The number of imidazole rings is 1. The van der Waals surface area contributed by atoms with E-state index in [1.54, 1.807) is 6.07 Å². The Kier molecular flexibility index (Phi) is 5.88. The van der Waals surface area contributed by atoms with E-state index in [1.165, 1.54) is 10.7 Å². The van der Waals surface area contributed by atoms with E-state index in [9.17, 15) is 15.6 Å². The van der Waals surface area contributed by atoms with Crippen LogP contribution in [0.25, 0.3) is 5.65 Å². The summed E-state index contributed by atoms with van der Waals surface area (Å²) < 4.78 is 1.47. The predicted octanol–water partition coefficient (Wildman–Crippen LogP) is 3.54. The van der Waals surface area contributed by atoms with E-state index in [2.05, 4.69) is 42.7 Å². The fourth-order valence-corrected chi connectivity index (χ4v) is 5.49. The molecule has 1 aromatic carbocycles. The second-order valence-corrected chi connectivity index (χ2v) is 10.3. The highest BCUT2D eigenvalue weighted by Gasteiger charge is 2.36. The molecule has 3 heterocycles. The molecular weight excluding hydrogens is 478 g/mol. The highest BCUT2D eigenvalue weighted by Crippen LogP contribution is 2.40. The van der Waals surface area contributed by atoms with Crippen LogP contribution in [0.15, 0.2) is 18.3 Å². The number of piperidine rings is 1. The molecule has 2 atom stereocenters. The molecule has 10 nitrogen and oxygen atoms in total. The van der Waals surface area contributed by atoms with Crippen molar-refractivity contribution in [3.05, 3.63) is 40.2 Å². The van der Waals surface area contributed by atoms with Gasteiger partial charge < -0.3 is 15.7 Å². The first kappa shape index (κ1) is 23.0. The lowest BCUT2D eigenvalue weighted by Crippen LogP contribution is -2.52. The van der Waals surface area contributed by atoms with Gasteiger partial charge in [0, 0.05) is 12.1 Å². The average Bonchev–Trinajstić information content (AvgIpc) is 3.60. The summed E-state index contributed by atoms with van der Waals surface area (Å²) in [4.78, 5) is 11.3. The SMILES string of the molecule is N#Cc1cc(Nc2nc(NC3CC3)c3ncc(C#N)n3n2)c(Cl)c(C2CCN(C3CCC3O)CC2)c1. The number of hydrogen-bond acceptors (Lipinski definition) is 9. The highest BCUT2D eigenvalue weighted by molar-refractivity contribution is 6.34. The van der Waals surface area contributed by atoms with Crippen LogP contribution in [0.2, 0.25) is 5.02 Å². The Labute approximate surface area is 213 Å².